The Balaban J connectivity index is 2.30. The predicted octanol–water partition coefficient (Wildman–Crippen LogP) is 1.09. The molecule has 7 nitrogen and oxygen atoms in total. The molecule has 0 aliphatic heterocycles. The Morgan fingerprint density at radius 1 is 1.45 bits per heavy atom. The monoisotopic (exact) mass is 315 g/mol. The van der Waals surface area contributed by atoms with Gasteiger partial charge in [0.1, 0.15) is 17.0 Å². The first-order valence-electron chi connectivity index (χ1n) is 5.72. The SMILES string of the molecule is CC(NS(=O)(=O)c1ccc(N)cc1Cl)c1nncn1C. The van der Waals surface area contributed by atoms with Crippen LogP contribution in [0.4, 0.5) is 5.69 Å². The van der Waals surface area contributed by atoms with E-state index in [9.17, 15) is 8.42 Å². The second-order valence-corrected chi connectivity index (χ2v) is 6.42. The van der Waals surface area contributed by atoms with E-state index in [1.54, 1.807) is 18.5 Å². The first kappa shape index (κ1) is 14.8. The van der Waals surface area contributed by atoms with Crippen molar-refractivity contribution in [1.29, 1.82) is 0 Å². The van der Waals surface area contributed by atoms with Gasteiger partial charge in [-0.05, 0) is 25.1 Å². The van der Waals surface area contributed by atoms with Crippen molar-refractivity contribution in [2.24, 2.45) is 7.05 Å². The number of anilines is 1. The molecule has 0 amide bonds. The average molecular weight is 316 g/mol. The Bertz CT molecular complexity index is 728. The summed E-state index contributed by atoms with van der Waals surface area (Å²) in [7, 11) is -2.04. The lowest BCUT2D eigenvalue weighted by Crippen LogP contribution is -2.28. The van der Waals surface area contributed by atoms with Crippen molar-refractivity contribution >= 4 is 27.3 Å². The molecule has 0 spiro atoms. The fraction of sp³-hybridized carbons (Fsp3) is 0.273. The van der Waals surface area contributed by atoms with Crippen molar-refractivity contribution in [2.75, 3.05) is 5.73 Å². The smallest absolute Gasteiger partial charge is 0.242 e. The second kappa shape index (κ2) is 5.39. The number of aryl methyl sites for hydroxylation is 1. The summed E-state index contributed by atoms with van der Waals surface area (Å²) in [4.78, 5) is -0.0256. The number of nitrogens with one attached hydrogen (secondary N) is 1. The third-order valence-electron chi connectivity index (χ3n) is 2.71. The molecule has 1 aromatic heterocycles. The highest BCUT2D eigenvalue weighted by Gasteiger charge is 2.23. The van der Waals surface area contributed by atoms with Crippen molar-refractivity contribution in [3.05, 3.63) is 35.4 Å². The Morgan fingerprint density at radius 3 is 2.70 bits per heavy atom. The molecule has 1 heterocycles. The van der Waals surface area contributed by atoms with E-state index >= 15 is 0 Å². The lowest BCUT2D eigenvalue weighted by Gasteiger charge is -2.14. The Morgan fingerprint density at radius 2 is 2.15 bits per heavy atom. The van der Waals surface area contributed by atoms with Gasteiger partial charge in [-0.1, -0.05) is 11.6 Å². The number of hydrogen-bond donors (Lipinski definition) is 2. The largest absolute Gasteiger partial charge is 0.399 e. The zero-order valence-corrected chi connectivity index (χ0v) is 12.5. The number of halogens is 1. The highest BCUT2D eigenvalue weighted by molar-refractivity contribution is 7.89. The molecule has 0 bridgehead atoms. The minimum absolute atomic E-state index is 0.0256. The summed E-state index contributed by atoms with van der Waals surface area (Å²) in [6, 6.07) is 3.70. The van der Waals surface area contributed by atoms with Gasteiger partial charge in [-0.3, -0.25) is 0 Å². The summed E-state index contributed by atoms with van der Waals surface area (Å²) >= 11 is 5.92. The van der Waals surface area contributed by atoms with Gasteiger partial charge in [-0.15, -0.1) is 10.2 Å². The molecule has 1 unspecified atom stereocenters. The molecule has 0 saturated carbocycles. The quantitative estimate of drug-likeness (QED) is 0.822. The lowest BCUT2D eigenvalue weighted by molar-refractivity contribution is 0.553. The van der Waals surface area contributed by atoms with Crippen molar-refractivity contribution in [1.82, 2.24) is 19.5 Å². The van der Waals surface area contributed by atoms with Gasteiger partial charge < -0.3 is 10.3 Å². The normalized spacial score (nSPS) is 13.3. The molecule has 3 N–H and O–H groups in total. The first-order valence-corrected chi connectivity index (χ1v) is 7.58. The van der Waals surface area contributed by atoms with Crippen molar-refractivity contribution < 1.29 is 8.42 Å². The van der Waals surface area contributed by atoms with Gasteiger partial charge >= 0.3 is 0 Å². The van der Waals surface area contributed by atoms with E-state index in [0.29, 0.717) is 11.5 Å². The van der Waals surface area contributed by atoms with Crippen LogP contribution in [0.3, 0.4) is 0 Å². The van der Waals surface area contributed by atoms with Gasteiger partial charge in [0.15, 0.2) is 0 Å². The Kier molecular flexibility index (Phi) is 3.98. The van der Waals surface area contributed by atoms with E-state index in [2.05, 4.69) is 14.9 Å². The molecule has 9 heteroatoms. The van der Waals surface area contributed by atoms with Crippen LogP contribution in [0.15, 0.2) is 29.4 Å². The molecular weight excluding hydrogens is 302 g/mol. The maximum Gasteiger partial charge on any atom is 0.242 e. The summed E-state index contributed by atoms with van der Waals surface area (Å²) in [5.74, 6) is 0.500. The van der Waals surface area contributed by atoms with Crippen LogP contribution in [0.25, 0.3) is 0 Å². The van der Waals surface area contributed by atoms with Gasteiger partial charge in [0.25, 0.3) is 0 Å². The molecular formula is C11H14ClN5O2S. The van der Waals surface area contributed by atoms with Crippen LogP contribution in [-0.2, 0) is 17.1 Å². The molecule has 0 aliphatic rings. The molecule has 0 aliphatic carbocycles. The maximum atomic E-state index is 12.3. The third-order valence-corrected chi connectivity index (χ3v) is 4.73. The number of hydrogen-bond acceptors (Lipinski definition) is 5. The second-order valence-electron chi connectivity index (χ2n) is 4.33. The van der Waals surface area contributed by atoms with Crippen molar-refractivity contribution in [2.45, 2.75) is 17.9 Å². The zero-order valence-electron chi connectivity index (χ0n) is 10.9. The van der Waals surface area contributed by atoms with Gasteiger partial charge in [0.05, 0.1) is 11.1 Å². The molecule has 1 atom stereocenters. The standard InChI is InChI=1S/C11H14ClN5O2S/c1-7(11-15-14-6-17(11)2)16-20(18,19)10-4-3-8(13)5-9(10)12/h3-7,16H,13H2,1-2H3. The van der Waals surface area contributed by atoms with Crippen LogP contribution < -0.4 is 10.5 Å². The summed E-state index contributed by atoms with van der Waals surface area (Å²) in [6.07, 6.45) is 1.50. The van der Waals surface area contributed by atoms with Crippen LogP contribution in [0, 0.1) is 0 Å². The molecule has 0 fully saturated rings. The van der Waals surface area contributed by atoms with E-state index < -0.39 is 16.1 Å². The summed E-state index contributed by atoms with van der Waals surface area (Å²) < 4.78 is 28.7. The lowest BCUT2D eigenvalue weighted by atomic mass is 10.3. The van der Waals surface area contributed by atoms with Gasteiger partial charge in [0, 0.05) is 12.7 Å². The van der Waals surface area contributed by atoms with Crippen molar-refractivity contribution in [3.8, 4) is 0 Å². The van der Waals surface area contributed by atoms with E-state index in [4.69, 9.17) is 17.3 Å². The van der Waals surface area contributed by atoms with Crippen molar-refractivity contribution in [3.63, 3.8) is 0 Å². The number of sulfonamides is 1. The van der Waals surface area contributed by atoms with Gasteiger partial charge in [0.2, 0.25) is 10.0 Å². The predicted molar refractivity (Wildman–Crippen MR) is 75.6 cm³/mol. The highest BCUT2D eigenvalue weighted by atomic mass is 35.5. The average Bonchev–Trinajstić information content (AvgIpc) is 2.74. The van der Waals surface area contributed by atoms with Gasteiger partial charge in [-0.2, -0.15) is 0 Å². The van der Waals surface area contributed by atoms with Crippen LogP contribution >= 0.6 is 11.6 Å². The third kappa shape index (κ3) is 2.92. The molecule has 20 heavy (non-hydrogen) atoms. The number of rotatable bonds is 4. The summed E-state index contributed by atoms with van der Waals surface area (Å²) in [5.41, 5.74) is 5.95. The first-order chi connectivity index (χ1) is 9.31. The molecule has 1 aromatic carbocycles. The summed E-state index contributed by atoms with van der Waals surface area (Å²) in [5, 5.41) is 7.65. The maximum absolute atomic E-state index is 12.3. The van der Waals surface area contributed by atoms with Crippen LogP contribution in [0.1, 0.15) is 18.8 Å². The van der Waals surface area contributed by atoms with Crippen LogP contribution in [-0.4, -0.2) is 23.2 Å². The Hall–Kier alpha value is -1.64. The number of aromatic nitrogens is 3. The molecule has 0 radical (unpaired) electrons. The highest BCUT2D eigenvalue weighted by Crippen LogP contribution is 2.24. The fourth-order valence-corrected chi connectivity index (χ4v) is 3.52. The number of benzene rings is 1. The number of nitrogen functional groups attached to an aromatic ring is 1. The minimum atomic E-state index is -3.77. The molecule has 0 saturated heterocycles. The summed E-state index contributed by atoms with van der Waals surface area (Å²) in [6.45, 7) is 1.67. The number of nitrogens with zero attached hydrogens (tertiary/aromatic N) is 3. The van der Waals surface area contributed by atoms with E-state index in [0.717, 1.165) is 0 Å². The fourth-order valence-electron chi connectivity index (χ4n) is 1.77. The van der Waals surface area contributed by atoms with E-state index in [1.807, 2.05) is 0 Å². The zero-order chi connectivity index (χ0) is 14.9. The Labute approximate surface area is 121 Å². The number of nitrogens with two attached hydrogens (primary N) is 1. The van der Waals surface area contributed by atoms with Crippen LogP contribution in [0.2, 0.25) is 5.02 Å². The van der Waals surface area contributed by atoms with E-state index in [-0.39, 0.29) is 9.92 Å². The molecule has 2 rings (SSSR count). The van der Waals surface area contributed by atoms with E-state index in [1.165, 1.54) is 24.5 Å². The minimum Gasteiger partial charge on any atom is -0.399 e. The van der Waals surface area contributed by atoms with Crippen LogP contribution in [0.5, 0.6) is 0 Å². The van der Waals surface area contributed by atoms with Gasteiger partial charge in [-0.25, -0.2) is 13.1 Å². The topological polar surface area (TPSA) is 103 Å². The molecule has 2 aromatic rings. The molecule has 108 valence electrons.